The summed E-state index contributed by atoms with van der Waals surface area (Å²) in [5, 5.41) is 5.45. The highest BCUT2D eigenvalue weighted by atomic mass is 28.4. The highest BCUT2D eigenvalue weighted by Crippen LogP contribution is 2.37. The standard InChI is InChI=1S/C26H35NO4Si/c1-26(2,3)32(20-12-6-4-7-13-20,21-14-8-5-9-15-21)30-19-22-23(18-24(28)27-22)31-25-16-10-11-17-29-25/h4-9,12-15,22-23,25H,10-11,16-19H2,1-3H3,(H,27,28)/t22-,23-,25?/m1/s1. The summed E-state index contributed by atoms with van der Waals surface area (Å²) in [4.78, 5) is 12.3. The van der Waals surface area contributed by atoms with Gasteiger partial charge >= 0.3 is 0 Å². The molecule has 1 N–H and O–H groups in total. The van der Waals surface area contributed by atoms with Gasteiger partial charge in [0.2, 0.25) is 5.91 Å². The first-order chi connectivity index (χ1) is 15.4. The van der Waals surface area contributed by atoms with Crippen molar-refractivity contribution in [1.29, 1.82) is 0 Å². The summed E-state index contributed by atoms with van der Waals surface area (Å²) in [7, 11) is -2.66. The Morgan fingerprint density at radius 2 is 1.62 bits per heavy atom. The molecule has 6 heteroatoms. The van der Waals surface area contributed by atoms with Crippen molar-refractivity contribution in [2.24, 2.45) is 0 Å². The van der Waals surface area contributed by atoms with Gasteiger partial charge in [-0.2, -0.15) is 0 Å². The van der Waals surface area contributed by atoms with Crippen LogP contribution in [0, 0.1) is 0 Å². The molecule has 2 fully saturated rings. The number of ether oxygens (including phenoxy) is 2. The molecule has 1 unspecified atom stereocenters. The molecule has 0 saturated carbocycles. The van der Waals surface area contributed by atoms with E-state index >= 15 is 0 Å². The Balaban J connectivity index is 1.62. The van der Waals surface area contributed by atoms with E-state index in [1.54, 1.807) is 0 Å². The van der Waals surface area contributed by atoms with Gasteiger partial charge < -0.3 is 19.2 Å². The number of carbonyl (C=O) groups excluding carboxylic acids is 1. The number of nitrogens with one attached hydrogen (secondary N) is 1. The molecule has 0 spiro atoms. The summed E-state index contributed by atoms with van der Waals surface area (Å²) in [6, 6.07) is 21.0. The Bertz CT molecular complexity index is 838. The van der Waals surface area contributed by atoms with E-state index in [0.29, 0.717) is 13.0 Å². The van der Waals surface area contributed by atoms with E-state index in [1.807, 2.05) is 12.1 Å². The van der Waals surface area contributed by atoms with Crippen LogP contribution in [0.4, 0.5) is 0 Å². The number of hydrogen-bond acceptors (Lipinski definition) is 4. The maximum Gasteiger partial charge on any atom is 0.261 e. The third-order valence-electron chi connectivity index (χ3n) is 6.54. The van der Waals surface area contributed by atoms with Crippen molar-refractivity contribution in [1.82, 2.24) is 5.32 Å². The molecule has 0 radical (unpaired) electrons. The molecule has 2 heterocycles. The molecular weight excluding hydrogens is 418 g/mol. The minimum Gasteiger partial charge on any atom is -0.405 e. The molecule has 2 saturated heterocycles. The van der Waals surface area contributed by atoms with Crippen LogP contribution < -0.4 is 15.7 Å². The average Bonchev–Trinajstić information content (AvgIpc) is 3.14. The van der Waals surface area contributed by atoms with Gasteiger partial charge in [0.25, 0.3) is 8.32 Å². The van der Waals surface area contributed by atoms with Crippen LogP contribution >= 0.6 is 0 Å². The van der Waals surface area contributed by atoms with Crippen molar-refractivity contribution >= 4 is 24.6 Å². The fourth-order valence-corrected chi connectivity index (χ4v) is 9.55. The predicted octanol–water partition coefficient (Wildman–Crippen LogP) is 3.36. The second-order valence-corrected chi connectivity index (χ2v) is 14.1. The zero-order valence-electron chi connectivity index (χ0n) is 19.4. The van der Waals surface area contributed by atoms with Gasteiger partial charge in [0.1, 0.15) is 0 Å². The Labute approximate surface area is 192 Å². The maximum absolute atomic E-state index is 12.3. The molecule has 0 aliphatic carbocycles. The molecule has 0 aromatic heterocycles. The summed E-state index contributed by atoms with van der Waals surface area (Å²) >= 11 is 0. The van der Waals surface area contributed by atoms with Crippen LogP contribution in [0.1, 0.15) is 46.5 Å². The quantitative estimate of drug-likeness (QED) is 0.653. The van der Waals surface area contributed by atoms with Crippen LogP contribution in [-0.2, 0) is 18.7 Å². The minimum absolute atomic E-state index is 0.0156. The third kappa shape index (κ3) is 4.83. The third-order valence-corrected chi connectivity index (χ3v) is 11.5. The van der Waals surface area contributed by atoms with Crippen molar-refractivity contribution in [2.45, 2.75) is 69.9 Å². The molecule has 5 nitrogen and oxygen atoms in total. The molecule has 2 aliphatic heterocycles. The number of benzene rings is 2. The van der Waals surface area contributed by atoms with Gasteiger partial charge in [0, 0.05) is 6.61 Å². The van der Waals surface area contributed by atoms with Gasteiger partial charge in [-0.25, -0.2) is 0 Å². The Morgan fingerprint density at radius 1 is 1.00 bits per heavy atom. The Hall–Kier alpha value is -1.99. The molecular formula is C26H35NO4Si. The maximum atomic E-state index is 12.3. The second kappa shape index (κ2) is 9.87. The van der Waals surface area contributed by atoms with Crippen molar-refractivity contribution in [3.05, 3.63) is 60.7 Å². The molecule has 2 aromatic rings. The van der Waals surface area contributed by atoms with Gasteiger partial charge in [-0.15, -0.1) is 0 Å². The first-order valence-corrected chi connectivity index (χ1v) is 13.6. The van der Waals surface area contributed by atoms with E-state index in [1.165, 1.54) is 10.4 Å². The highest BCUT2D eigenvalue weighted by Gasteiger charge is 2.51. The van der Waals surface area contributed by atoms with Crippen LogP contribution in [0.3, 0.4) is 0 Å². The molecule has 172 valence electrons. The molecule has 4 rings (SSSR count). The van der Waals surface area contributed by atoms with E-state index in [0.717, 1.165) is 25.9 Å². The van der Waals surface area contributed by atoms with Crippen molar-refractivity contribution in [3.8, 4) is 0 Å². The lowest BCUT2D eigenvalue weighted by atomic mass is 10.1. The zero-order chi connectivity index (χ0) is 22.6. The topological polar surface area (TPSA) is 56.8 Å². The van der Waals surface area contributed by atoms with Crippen molar-refractivity contribution < 1.29 is 18.7 Å². The lowest BCUT2D eigenvalue weighted by molar-refractivity contribution is -0.190. The Morgan fingerprint density at radius 3 is 2.16 bits per heavy atom. The fraction of sp³-hybridized carbons (Fsp3) is 0.500. The van der Waals surface area contributed by atoms with Crippen LogP contribution in [0.5, 0.6) is 0 Å². The average molecular weight is 454 g/mol. The van der Waals surface area contributed by atoms with Gasteiger partial charge in [0.05, 0.1) is 25.2 Å². The second-order valence-electron chi connectivity index (χ2n) is 9.82. The van der Waals surface area contributed by atoms with Gasteiger partial charge in [-0.1, -0.05) is 81.4 Å². The van der Waals surface area contributed by atoms with Gasteiger partial charge in [-0.05, 0) is 34.7 Å². The molecule has 3 atom stereocenters. The summed E-state index contributed by atoms with van der Waals surface area (Å²) < 4.78 is 19.0. The first kappa shape index (κ1) is 23.2. The van der Waals surface area contributed by atoms with Crippen LogP contribution in [0.25, 0.3) is 0 Å². The number of rotatable bonds is 7. The molecule has 0 bridgehead atoms. The van der Waals surface area contributed by atoms with Crippen LogP contribution in [-0.4, -0.2) is 45.9 Å². The summed E-state index contributed by atoms with van der Waals surface area (Å²) in [5.74, 6) is 0.0156. The van der Waals surface area contributed by atoms with Gasteiger partial charge in [0.15, 0.2) is 6.29 Å². The molecule has 32 heavy (non-hydrogen) atoms. The highest BCUT2D eigenvalue weighted by molar-refractivity contribution is 6.99. The lowest BCUT2D eigenvalue weighted by Gasteiger charge is -2.43. The zero-order valence-corrected chi connectivity index (χ0v) is 20.4. The summed E-state index contributed by atoms with van der Waals surface area (Å²) in [5.41, 5.74) is 0. The first-order valence-electron chi connectivity index (χ1n) is 11.7. The normalized spacial score (nSPS) is 24.3. The fourth-order valence-electron chi connectivity index (χ4n) is 4.97. The largest absolute Gasteiger partial charge is 0.405 e. The van der Waals surface area contributed by atoms with E-state index in [-0.39, 0.29) is 29.4 Å². The lowest BCUT2D eigenvalue weighted by Crippen LogP contribution is -2.67. The SMILES string of the molecule is CC(C)(C)[Si](OC[C@H]1NC(=O)C[C@H]1OC1CCCCO1)(c1ccccc1)c1ccccc1. The minimum atomic E-state index is -2.66. The van der Waals surface area contributed by atoms with E-state index in [2.05, 4.69) is 74.6 Å². The van der Waals surface area contributed by atoms with Crippen molar-refractivity contribution in [3.63, 3.8) is 0 Å². The summed E-state index contributed by atoms with van der Waals surface area (Å²) in [6.45, 7) is 7.92. The molecule has 2 aromatic carbocycles. The number of carbonyl (C=O) groups is 1. The predicted molar refractivity (Wildman–Crippen MR) is 129 cm³/mol. The van der Waals surface area contributed by atoms with E-state index in [9.17, 15) is 4.79 Å². The van der Waals surface area contributed by atoms with E-state index < -0.39 is 8.32 Å². The van der Waals surface area contributed by atoms with Crippen LogP contribution in [0.2, 0.25) is 5.04 Å². The van der Waals surface area contributed by atoms with Gasteiger partial charge in [-0.3, -0.25) is 4.79 Å². The van der Waals surface area contributed by atoms with E-state index in [4.69, 9.17) is 13.9 Å². The summed E-state index contributed by atoms with van der Waals surface area (Å²) in [6.07, 6.45) is 2.95. The van der Waals surface area contributed by atoms with Crippen molar-refractivity contribution in [2.75, 3.05) is 13.2 Å². The molecule has 1 amide bonds. The number of amides is 1. The smallest absolute Gasteiger partial charge is 0.261 e. The Kier molecular flexibility index (Phi) is 7.15. The molecule has 2 aliphatic rings. The monoisotopic (exact) mass is 453 g/mol. The number of hydrogen-bond donors (Lipinski definition) is 1. The van der Waals surface area contributed by atoms with Crippen LogP contribution in [0.15, 0.2) is 60.7 Å².